The number of aromatic nitrogens is 1. The number of carboxylic acids is 1. The Balaban J connectivity index is 2.28. The van der Waals surface area contributed by atoms with E-state index in [0.717, 1.165) is 30.1 Å². The SMILES string of the molecule is O=C(O)c1cnc(Sc2ccc(F)c(F)c2)c(Cl)c1. The Hall–Kier alpha value is -1.66. The summed E-state index contributed by atoms with van der Waals surface area (Å²) >= 11 is 6.89. The molecule has 0 atom stereocenters. The van der Waals surface area contributed by atoms with E-state index in [0.29, 0.717) is 9.92 Å². The van der Waals surface area contributed by atoms with E-state index in [1.165, 1.54) is 12.1 Å². The van der Waals surface area contributed by atoms with Crippen molar-refractivity contribution in [2.45, 2.75) is 9.92 Å². The lowest BCUT2D eigenvalue weighted by Crippen LogP contribution is -1.97. The largest absolute Gasteiger partial charge is 0.478 e. The maximum atomic E-state index is 13.0. The van der Waals surface area contributed by atoms with E-state index in [2.05, 4.69) is 4.98 Å². The lowest BCUT2D eigenvalue weighted by atomic mass is 10.3. The second-order valence-electron chi connectivity index (χ2n) is 3.49. The van der Waals surface area contributed by atoms with Crippen LogP contribution in [0.1, 0.15) is 10.4 Å². The highest BCUT2D eigenvalue weighted by molar-refractivity contribution is 7.99. The Morgan fingerprint density at radius 1 is 1.26 bits per heavy atom. The van der Waals surface area contributed by atoms with E-state index >= 15 is 0 Å². The van der Waals surface area contributed by atoms with Crippen molar-refractivity contribution >= 4 is 29.3 Å². The summed E-state index contributed by atoms with van der Waals surface area (Å²) in [6, 6.07) is 4.64. The molecule has 0 radical (unpaired) electrons. The number of aromatic carboxylic acids is 1. The van der Waals surface area contributed by atoms with Crippen molar-refractivity contribution in [1.29, 1.82) is 0 Å². The summed E-state index contributed by atoms with van der Waals surface area (Å²) in [5.74, 6) is -3.05. The van der Waals surface area contributed by atoms with Crippen LogP contribution in [0, 0.1) is 11.6 Å². The van der Waals surface area contributed by atoms with Gasteiger partial charge in [-0.1, -0.05) is 23.4 Å². The molecule has 1 N–H and O–H groups in total. The molecule has 3 nitrogen and oxygen atoms in total. The van der Waals surface area contributed by atoms with Gasteiger partial charge >= 0.3 is 5.97 Å². The lowest BCUT2D eigenvalue weighted by molar-refractivity contribution is 0.0696. The monoisotopic (exact) mass is 301 g/mol. The molecular formula is C12H6ClF2NO2S. The van der Waals surface area contributed by atoms with Crippen LogP contribution in [0.5, 0.6) is 0 Å². The van der Waals surface area contributed by atoms with Gasteiger partial charge in [0.25, 0.3) is 0 Å². The lowest BCUT2D eigenvalue weighted by Gasteiger charge is -2.04. The predicted octanol–water partition coefficient (Wildman–Crippen LogP) is 3.86. The van der Waals surface area contributed by atoms with Crippen LogP contribution in [-0.2, 0) is 0 Å². The Morgan fingerprint density at radius 3 is 2.58 bits per heavy atom. The van der Waals surface area contributed by atoms with Crippen LogP contribution >= 0.6 is 23.4 Å². The van der Waals surface area contributed by atoms with Crippen LogP contribution in [0.2, 0.25) is 5.02 Å². The van der Waals surface area contributed by atoms with Gasteiger partial charge in [-0.25, -0.2) is 18.6 Å². The molecule has 1 heterocycles. The first kappa shape index (κ1) is 13.8. The van der Waals surface area contributed by atoms with Gasteiger partial charge in [0.2, 0.25) is 0 Å². The van der Waals surface area contributed by atoms with Gasteiger partial charge in [-0.2, -0.15) is 0 Å². The van der Waals surface area contributed by atoms with Crippen LogP contribution in [0.15, 0.2) is 40.4 Å². The van der Waals surface area contributed by atoms with Crippen molar-refractivity contribution in [1.82, 2.24) is 4.98 Å². The predicted molar refractivity (Wildman–Crippen MR) is 66.7 cm³/mol. The average Bonchev–Trinajstić information content (AvgIpc) is 2.36. The smallest absolute Gasteiger partial charge is 0.337 e. The van der Waals surface area contributed by atoms with Gasteiger partial charge in [-0.3, -0.25) is 0 Å². The topological polar surface area (TPSA) is 50.2 Å². The summed E-state index contributed by atoms with van der Waals surface area (Å²) in [4.78, 5) is 15.0. The molecule has 0 saturated carbocycles. The first-order valence-electron chi connectivity index (χ1n) is 4.99. The summed E-state index contributed by atoms with van der Waals surface area (Å²) in [5, 5.41) is 9.21. The normalized spacial score (nSPS) is 10.5. The molecular weight excluding hydrogens is 296 g/mol. The molecule has 0 unspecified atom stereocenters. The van der Waals surface area contributed by atoms with E-state index in [1.807, 2.05) is 0 Å². The number of carbonyl (C=O) groups is 1. The van der Waals surface area contributed by atoms with Crippen LogP contribution < -0.4 is 0 Å². The van der Waals surface area contributed by atoms with Gasteiger partial charge in [0, 0.05) is 11.1 Å². The molecule has 2 rings (SSSR count). The van der Waals surface area contributed by atoms with Gasteiger partial charge < -0.3 is 5.11 Å². The molecule has 0 fully saturated rings. The first-order chi connectivity index (χ1) is 8.97. The first-order valence-corrected chi connectivity index (χ1v) is 6.18. The minimum absolute atomic E-state index is 0.0420. The van der Waals surface area contributed by atoms with Gasteiger partial charge in [-0.05, 0) is 24.3 Å². The van der Waals surface area contributed by atoms with Crippen molar-refractivity contribution in [2.75, 3.05) is 0 Å². The van der Waals surface area contributed by atoms with E-state index in [9.17, 15) is 13.6 Å². The Bertz CT molecular complexity index is 652. The zero-order valence-corrected chi connectivity index (χ0v) is 10.8. The number of nitrogens with zero attached hydrogens (tertiary/aromatic N) is 1. The third kappa shape index (κ3) is 3.21. The van der Waals surface area contributed by atoms with Crippen LogP contribution in [0.3, 0.4) is 0 Å². The fraction of sp³-hybridized carbons (Fsp3) is 0. The number of hydrogen-bond donors (Lipinski definition) is 1. The number of benzene rings is 1. The summed E-state index contributed by atoms with van der Waals surface area (Å²) in [6.07, 6.45) is 1.15. The van der Waals surface area contributed by atoms with Crippen molar-refractivity contribution in [3.05, 3.63) is 52.7 Å². The van der Waals surface area contributed by atoms with Crippen molar-refractivity contribution < 1.29 is 18.7 Å². The number of carboxylic acid groups (broad SMARTS) is 1. The zero-order chi connectivity index (χ0) is 14.0. The molecule has 0 aliphatic carbocycles. The number of halogens is 3. The second kappa shape index (κ2) is 5.54. The van der Waals surface area contributed by atoms with E-state index in [-0.39, 0.29) is 10.6 Å². The fourth-order valence-corrected chi connectivity index (χ4v) is 2.34. The second-order valence-corrected chi connectivity index (χ2v) is 4.96. The molecule has 0 saturated heterocycles. The quantitative estimate of drug-likeness (QED) is 0.935. The molecule has 19 heavy (non-hydrogen) atoms. The molecule has 0 spiro atoms. The molecule has 0 amide bonds. The summed E-state index contributed by atoms with van der Waals surface area (Å²) < 4.78 is 25.8. The van der Waals surface area contributed by atoms with E-state index in [1.54, 1.807) is 0 Å². The van der Waals surface area contributed by atoms with E-state index in [4.69, 9.17) is 16.7 Å². The average molecular weight is 302 g/mol. The molecule has 0 aliphatic heterocycles. The number of pyridine rings is 1. The summed E-state index contributed by atoms with van der Waals surface area (Å²) in [6.45, 7) is 0. The van der Waals surface area contributed by atoms with Crippen molar-refractivity contribution in [2.24, 2.45) is 0 Å². The van der Waals surface area contributed by atoms with Crippen LogP contribution in [0.4, 0.5) is 8.78 Å². The van der Waals surface area contributed by atoms with Crippen LogP contribution in [0.25, 0.3) is 0 Å². The third-order valence-corrected chi connectivity index (χ3v) is 3.57. The molecule has 2 aromatic rings. The Kier molecular flexibility index (Phi) is 4.01. The molecule has 0 aliphatic rings. The van der Waals surface area contributed by atoms with Gasteiger partial charge in [0.1, 0.15) is 5.03 Å². The molecule has 0 bridgehead atoms. The van der Waals surface area contributed by atoms with Crippen molar-refractivity contribution in [3.63, 3.8) is 0 Å². The Labute approximate surface area is 116 Å². The summed E-state index contributed by atoms with van der Waals surface area (Å²) in [7, 11) is 0. The minimum atomic E-state index is -1.14. The third-order valence-electron chi connectivity index (χ3n) is 2.16. The standard InChI is InChI=1S/C12H6ClF2NO2S/c13-8-3-6(12(17)18)5-16-11(8)19-7-1-2-9(14)10(15)4-7/h1-5H,(H,17,18). The van der Waals surface area contributed by atoms with Gasteiger partial charge in [0.05, 0.1) is 10.6 Å². The maximum Gasteiger partial charge on any atom is 0.337 e. The highest BCUT2D eigenvalue weighted by atomic mass is 35.5. The highest BCUT2D eigenvalue weighted by Crippen LogP contribution is 2.32. The maximum absolute atomic E-state index is 13.0. The molecule has 7 heteroatoms. The molecule has 98 valence electrons. The number of hydrogen-bond acceptors (Lipinski definition) is 3. The van der Waals surface area contributed by atoms with Gasteiger partial charge in [-0.15, -0.1) is 0 Å². The molecule has 1 aromatic heterocycles. The zero-order valence-electron chi connectivity index (χ0n) is 9.23. The van der Waals surface area contributed by atoms with E-state index < -0.39 is 17.6 Å². The minimum Gasteiger partial charge on any atom is -0.478 e. The highest BCUT2D eigenvalue weighted by Gasteiger charge is 2.11. The Morgan fingerprint density at radius 2 is 2.00 bits per heavy atom. The molecule has 1 aromatic carbocycles. The van der Waals surface area contributed by atoms with Crippen molar-refractivity contribution in [3.8, 4) is 0 Å². The van der Waals surface area contributed by atoms with Gasteiger partial charge in [0.15, 0.2) is 11.6 Å². The number of rotatable bonds is 3. The fourth-order valence-electron chi connectivity index (χ4n) is 1.27. The summed E-state index contributed by atoms with van der Waals surface area (Å²) in [5.41, 5.74) is -0.0420. The van der Waals surface area contributed by atoms with Crippen LogP contribution in [-0.4, -0.2) is 16.1 Å².